The summed E-state index contributed by atoms with van der Waals surface area (Å²) in [4.78, 5) is 21.6. The van der Waals surface area contributed by atoms with Crippen molar-refractivity contribution >= 4 is 5.91 Å². The van der Waals surface area contributed by atoms with Gasteiger partial charge in [-0.15, -0.1) is 0 Å². The Bertz CT molecular complexity index is 789. The predicted molar refractivity (Wildman–Crippen MR) is 99.5 cm³/mol. The van der Waals surface area contributed by atoms with E-state index in [9.17, 15) is 4.79 Å². The van der Waals surface area contributed by atoms with E-state index in [1.165, 1.54) is 30.5 Å². The number of aryl methyl sites for hydroxylation is 2. The molecule has 0 radical (unpaired) electrons. The van der Waals surface area contributed by atoms with Crippen molar-refractivity contribution in [3.8, 4) is 0 Å². The lowest BCUT2D eigenvalue weighted by molar-refractivity contribution is 0.0747. The third-order valence-corrected chi connectivity index (χ3v) is 5.59. The van der Waals surface area contributed by atoms with Crippen LogP contribution in [-0.4, -0.2) is 43.6 Å². The summed E-state index contributed by atoms with van der Waals surface area (Å²) in [5.74, 6) is 0.0558. The number of carbonyl (C=O) groups excluding carboxylic acids is 1. The molecule has 1 saturated heterocycles. The fraction of sp³-hybridized carbons (Fsp3) is 0.550. The molecule has 0 unspecified atom stereocenters. The molecule has 6 heteroatoms. The Balaban J connectivity index is 1.49. The molecule has 6 nitrogen and oxygen atoms in total. The van der Waals surface area contributed by atoms with Gasteiger partial charge in [-0.25, -0.2) is 0 Å². The van der Waals surface area contributed by atoms with Crippen LogP contribution in [-0.2, 0) is 33.1 Å². The lowest BCUT2D eigenvalue weighted by Gasteiger charge is -2.26. The van der Waals surface area contributed by atoms with E-state index in [-0.39, 0.29) is 5.91 Å². The highest BCUT2D eigenvalue weighted by Gasteiger charge is 2.31. The number of pyridine rings is 1. The van der Waals surface area contributed by atoms with Gasteiger partial charge >= 0.3 is 0 Å². The van der Waals surface area contributed by atoms with Crippen molar-refractivity contribution in [2.75, 3.05) is 13.1 Å². The molecule has 1 fully saturated rings. The fourth-order valence-electron chi connectivity index (χ4n) is 4.01. The second kappa shape index (κ2) is 7.19. The van der Waals surface area contributed by atoms with Gasteiger partial charge in [-0.1, -0.05) is 13.3 Å². The number of hydrogen-bond acceptors (Lipinski definition) is 4. The number of aromatic nitrogens is 3. The number of amides is 1. The smallest absolute Gasteiger partial charge is 0.256 e. The molecule has 1 amide bonds. The van der Waals surface area contributed by atoms with E-state index in [4.69, 9.17) is 5.10 Å². The molecule has 2 aromatic heterocycles. The molecule has 0 spiro atoms. The summed E-state index contributed by atoms with van der Waals surface area (Å²) in [6, 6.07) is 3.84. The Morgan fingerprint density at radius 3 is 2.65 bits per heavy atom. The van der Waals surface area contributed by atoms with E-state index in [2.05, 4.69) is 16.8 Å². The van der Waals surface area contributed by atoms with Crippen molar-refractivity contribution in [2.45, 2.75) is 52.2 Å². The third-order valence-electron chi connectivity index (χ3n) is 5.59. The first-order valence-corrected chi connectivity index (χ1v) is 9.66. The van der Waals surface area contributed by atoms with Gasteiger partial charge in [0, 0.05) is 31.0 Å². The summed E-state index contributed by atoms with van der Waals surface area (Å²) < 4.78 is 1.96. The van der Waals surface area contributed by atoms with Crippen LogP contribution < -0.4 is 0 Å². The van der Waals surface area contributed by atoms with Gasteiger partial charge in [0.1, 0.15) is 0 Å². The monoisotopic (exact) mass is 353 g/mol. The molecule has 0 aliphatic carbocycles. The second-order valence-electron chi connectivity index (χ2n) is 7.39. The first kappa shape index (κ1) is 17.2. The Morgan fingerprint density at radius 2 is 1.96 bits per heavy atom. The van der Waals surface area contributed by atoms with Crippen LogP contribution in [0.15, 0.2) is 18.3 Å². The molecule has 4 rings (SSSR count). The van der Waals surface area contributed by atoms with Crippen LogP contribution in [0.2, 0.25) is 0 Å². The molecule has 0 N–H and O–H groups in total. The molecule has 2 aromatic rings. The molecule has 26 heavy (non-hydrogen) atoms. The summed E-state index contributed by atoms with van der Waals surface area (Å²) in [5.41, 5.74) is 5.23. The molecule has 2 aliphatic heterocycles. The van der Waals surface area contributed by atoms with Crippen molar-refractivity contribution in [1.29, 1.82) is 0 Å². The maximum Gasteiger partial charge on any atom is 0.256 e. The van der Waals surface area contributed by atoms with Crippen LogP contribution in [0.4, 0.5) is 0 Å². The van der Waals surface area contributed by atoms with Gasteiger partial charge in [-0.3, -0.25) is 19.4 Å². The summed E-state index contributed by atoms with van der Waals surface area (Å²) in [5, 5.41) is 4.74. The molecule has 138 valence electrons. The average Bonchev–Trinajstić information content (AvgIpc) is 3.24. The summed E-state index contributed by atoms with van der Waals surface area (Å²) in [6.07, 6.45) is 6.48. The number of nitrogens with zero attached hydrogens (tertiary/aromatic N) is 5. The van der Waals surface area contributed by atoms with E-state index < -0.39 is 0 Å². The number of likely N-dealkylation sites (tertiary alicyclic amines) is 1. The normalized spacial score (nSPS) is 17.5. The van der Waals surface area contributed by atoms with Crippen LogP contribution in [0.25, 0.3) is 0 Å². The highest BCUT2D eigenvalue weighted by molar-refractivity contribution is 5.94. The van der Waals surface area contributed by atoms with Gasteiger partial charge in [0.05, 0.1) is 30.0 Å². The molecule has 4 heterocycles. The highest BCUT2D eigenvalue weighted by atomic mass is 16.2. The third kappa shape index (κ3) is 3.26. The molecule has 2 aliphatic rings. The van der Waals surface area contributed by atoms with Crippen molar-refractivity contribution < 1.29 is 4.79 Å². The number of carbonyl (C=O) groups is 1. The first-order chi connectivity index (χ1) is 12.7. The Morgan fingerprint density at radius 1 is 1.15 bits per heavy atom. The van der Waals surface area contributed by atoms with Crippen molar-refractivity contribution in [3.63, 3.8) is 0 Å². The maximum absolute atomic E-state index is 12.9. The number of hydrogen-bond donors (Lipinski definition) is 0. The number of fused-ring (bicyclic) bond motifs is 1. The van der Waals surface area contributed by atoms with Crippen molar-refractivity contribution in [2.24, 2.45) is 7.05 Å². The zero-order chi connectivity index (χ0) is 18.1. The summed E-state index contributed by atoms with van der Waals surface area (Å²) >= 11 is 0. The number of rotatable bonds is 4. The highest BCUT2D eigenvalue weighted by Crippen LogP contribution is 2.28. The van der Waals surface area contributed by atoms with Gasteiger partial charge in [-0.2, -0.15) is 5.10 Å². The first-order valence-electron chi connectivity index (χ1n) is 9.66. The van der Waals surface area contributed by atoms with Crippen LogP contribution >= 0.6 is 0 Å². The Hall–Kier alpha value is -2.21. The quantitative estimate of drug-likeness (QED) is 0.848. The second-order valence-corrected chi connectivity index (χ2v) is 7.39. The molecule has 0 saturated carbocycles. The topological polar surface area (TPSA) is 54.3 Å². The Labute approximate surface area is 154 Å². The minimum atomic E-state index is 0.0558. The van der Waals surface area contributed by atoms with Crippen LogP contribution in [0.3, 0.4) is 0 Å². The minimum absolute atomic E-state index is 0.0558. The summed E-state index contributed by atoms with van der Waals surface area (Å²) in [7, 11) is 1.99. The lowest BCUT2D eigenvalue weighted by Crippen LogP contribution is -2.30. The van der Waals surface area contributed by atoms with Crippen LogP contribution in [0, 0.1) is 0 Å². The standard InChI is InChI=1S/C20H27N5O/c1-3-16-8-7-15(11-21-16)20(26)25-12-17-18(22-23(2)19(17)14-25)13-24-9-5-4-6-10-24/h7-8,11H,3-6,9-10,12-14H2,1-2H3. The molecule has 0 bridgehead atoms. The van der Waals surface area contributed by atoms with Gasteiger partial charge < -0.3 is 4.90 Å². The van der Waals surface area contributed by atoms with Crippen LogP contribution in [0.5, 0.6) is 0 Å². The minimum Gasteiger partial charge on any atom is -0.328 e. The molecular formula is C20H27N5O. The predicted octanol–water partition coefficient (Wildman–Crippen LogP) is 2.52. The van der Waals surface area contributed by atoms with E-state index in [1.807, 2.05) is 28.8 Å². The summed E-state index contributed by atoms with van der Waals surface area (Å²) in [6.45, 7) is 6.57. The maximum atomic E-state index is 12.9. The van der Waals surface area contributed by atoms with E-state index >= 15 is 0 Å². The molecule has 0 atom stereocenters. The van der Waals surface area contributed by atoms with Gasteiger partial charge in [0.25, 0.3) is 5.91 Å². The zero-order valence-electron chi connectivity index (χ0n) is 15.7. The van der Waals surface area contributed by atoms with Gasteiger partial charge in [0.15, 0.2) is 0 Å². The lowest BCUT2D eigenvalue weighted by atomic mass is 10.1. The van der Waals surface area contributed by atoms with Crippen LogP contribution in [0.1, 0.15) is 59.2 Å². The van der Waals surface area contributed by atoms with Crippen molar-refractivity contribution in [1.82, 2.24) is 24.6 Å². The molecule has 0 aromatic carbocycles. The van der Waals surface area contributed by atoms with E-state index in [0.29, 0.717) is 18.7 Å². The van der Waals surface area contributed by atoms with Gasteiger partial charge in [0.2, 0.25) is 0 Å². The molecular weight excluding hydrogens is 326 g/mol. The Kier molecular flexibility index (Phi) is 4.76. The zero-order valence-corrected chi connectivity index (χ0v) is 15.7. The SMILES string of the molecule is CCc1ccc(C(=O)N2Cc3c(CN4CCCCC4)nn(C)c3C2)cn1. The van der Waals surface area contributed by atoms with Crippen molar-refractivity contribution in [3.05, 3.63) is 46.5 Å². The fourth-order valence-corrected chi connectivity index (χ4v) is 4.01. The van der Waals surface area contributed by atoms with E-state index in [0.717, 1.165) is 37.4 Å². The van der Waals surface area contributed by atoms with Gasteiger partial charge in [-0.05, 0) is 44.5 Å². The number of piperidine rings is 1. The average molecular weight is 353 g/mol. The largest absolute Gasteiger partial charge is 0.328 e. The van der Waals surface area contributed by atoms with E-state index in [1.54, 1.807) is 6.20 Å².